The Morgan fingerprint density at radius 2 is 2.07 bits per heavy atom. The fourth-order valence-electron chi connectivity index (χ4n) is 0.987. The molecule has 4 nitrogen and oxygen atoms in total. The van der Waals surface area contributed by atoms with Crippen LogP contribution in [0.4, 0.5) is 8.78 Å². The maximum atomic E-state index is 12.4. The van der Waals surface area contributed by atoms with Crippen molar-refractivity contribution in [2.75, 3.05) is 0 Å². The molecular weight excluding hydrogens is 250 g/mol. The Morgan fingerprint density at radius 3 is 2.47 bits per heavy atom. The third kappa shape index (κ3) is 2.42. The molecule has 0 aromatic carbocycles. The van der Waals surface area contributed by atoms with E-state index in [-0.39, 0.29) is 10.6 Å². The minimum Gasteiger partial charge on any atom is -0.242 e. The predicted octanol–water partition coefficient (Wildman–Crippen LogP) is 1.63. The average molecular weight is 257 g/mol. The standard InChI is InChI=1S/C7H7ClF2N2O2S/c1-3-4(6(9)10)2-12-7(5(3)8)15(11,13)14/h2,6H,1H3,(H2,11,13,14). The lowest BCUT2D eigenvalue weighted by molar-refractivity contribution is 0.150. The monoisotopic (exact) mass is 256 g/mol. The fourth-order valence-corrected chi connectivity index (χ4v) is 2.07. The van der Waals surface area contributed by atoms with Crippen LogP contribution in [-0.2, 0) is 10.0 Å². The summed E-state index contributed by atoms with van der Waals surface area (Å²) in [6.45, 7) is 1.28. The molecule has 0 atom stereocenters. The maximum absolute atomic E-state index is 12.4. The Balaban J connectivity index is 3.48. The SMILES string of the molecule is Cc1c(C(F)F)cnc(S(N)(=O)=O)c1Cl. The van der Waals surface area contributed by atoms with Gasteiger partial charge in [-0.2, -0.15) is 0 Å². The number of pyridine rings is 1. The maximum Gasteiger partial charge on any atom is 0.265 e. The van der Waals surface area contributed by atoms with Crippen molar-refractivity contribution in [1.29, 1.82) is 0 Å². The van der Waals surface area contributed by atoms with Crippen molar-refractivity contribution in [2.24, 2.45) is 5.14 Å². The summed E-state index contributed by atoms with van der Waals surface area (Å²) in [5.74, 6) is 0. The number of hydrogen-bond acceptors (Lipinski definition) is 3. The number of nitrogens with two attached hydrogens (primary N) is 1. The Bertz CT molecular complexity index is 490. The smallest absolute Gasteiger partial charge is 0.242 e. The summed E-state index contributed by atoms with van der Waals surface area (Å²) in [6.07, 6.45) is -2.00. The van der Waals surface area contributed by atoms with Gasteiger partial charge in [-0.1, -0.05) is 11.6 Å². The molecule has 0 aliphatic rings. The van der Waals surface area contributed by atoms with Crippen LogP contribution in [0.5, 0.6) is 0 Å². The molecule has 0 amide bonds. The predicted molar refractivity (Wildman–Crippen MR) is 50.3 cm³/mol. The minimum absolute atomic E-state index is 0.0364. The summed E-state index contributed by atoms with van der Waals surface area (Å²) >= 11 is 5.57. The average Bonchev–Trinajstić information content (AvgIpc) is 2.06. The van der Waals surface area contributed by atoms with Crippen molar-refractivity contribution >= 4 is 21.6 Å². The molecule has 0 aliphatic heterocycles. The van der Waals surface area contributed by atoms with Crippen LogP contribution < -0.4 is 5.14 Å². The first-order valence-corrected chi connectivity index (χ1v) is 5.63. The van der Waals surface area contributed by atoms with Crippen molar-refractivity contribution in [1.82, 2.24) is 4.98 Å². The van der Waals surface area contributed by atoms with Gasteiger partial charge in [0.15, 0.2) is 5.03 Å². The summed E-state index contributed by atoms with van der Waals surface area (Å²) < 4.78 is 46.6. The molecule has 0 unspecified atom stereocenters. The first-order valence-electron chi connectivity index (χ1n) is 3.71. The highest BCUT2D eigenvalue weighted by molar-refractivity contribution is 7.89. The number of sulfonamides is 1. The Morgan fingerprint density at radius 1 is 1.53 bits per heavy atom. The Labute approximate surface area is 90.1 Å². The van der Waals surface area contributed by atoms with Crippen molar-refractivity contribution < 1.29 is 17.2 Å². The van der Waals surface area contributed by atoms with Crippen molar-refractivity contribution in [3.63, 3.8) is 0 Å². The van der Waals surface area contributed by atoms with Crippen molar-refractivity contribution in [3.05, 3.63) is 22.3 Å². The van der Waals surface area contributed by atoms with Gasteiger partial charge in [0.25, 0.3) is 16.4 Å². The van der Waals surface area contributed by atoms with Crippen LogP contribution in [-0.4, -0.2) is 13.4 Å². The number of alkyl halides is 2. The molecule has 8 heteroatoms. The van der Waals surface area contributed by atoms with Crippen LogP contribution >= 0.6 is 11.6 Å². The summed E-state index contributed by atoms with van der Waals surface area (Å²) in [5, 5.41) is 3.83. The molecule has 1 aromatic heterocycles. The number of halogens is 3. The number of aromatic nitrogens is 1. The molecule has 1 aromatic rings. The van der Waals surface area contributed by atoms with Crippen LogP contribution in [0.1, 0.15) is 17.6 Å². The lowest BCUT2D eigenvalue weighted by atomic mass is 10.2. The van der Waals surface area contributed by atoms with Gasteiger partial charge in [0.2, 0.25) is 0 Å². The molecule has 2 N–H and O–H groups in total. The first kappa shape index (κ1) is 12.3. The molecule has 1 heterocycles. The number of primary sulfonamides is 1. The van der Waals surface area contributed by atoms with E-state index in [0.29, 0.717) is 0 Å². The minimum atomic E-state index is -4.09. The molecule has 0 radical (unpaired) electrons. The summed E-state index contributed by atoms with van der Waals surface area (Å²) in [4.78, 5) is 3.31. The second-order valence-electron chi connectivity index (χ2n) is 2.80. The third-order valence-electron chi connectivity index (χ3n) is 1.78. The molecule has 0 spiro atoms. The summed E-state index contributed by atoms with van der Waals surface area (Å²) in [6, 6.07) is 0. The molecule has 0 aliphatic carbocycles. The van der Waals surface area contributed by atoms with E-state index < -0.39 is 27.0 Å². The molecule has 0 bridgehead atoms. The van der Waals surface area contributed by atoms with E-state index in [1.165, 1.54) is 6.92 Å². The van der Waals surface area contributed by atoms with Gasteiger partial charge in [-0.05, 0) is 12.5 Å². The lowest BCUT2D eigenvalue weighted by Crippen LogP contribution is -2.15. The van der Waals surface area contributed by atoms with Gasteiger partial charge >= 0.3 is 0 Å². The highest BCUT2D eigenvalue weighted by Gasteiger charge is 2.21. The number of rotatable bonds is 2. The highest BCUT2D eigenvalue weighted by Crippen LogP contribution is 2.30. The topological polar surface area (TPSA) is 73.0 Å². The summed E-state index contributed by atoms with van der Waals surface area (Å²) in [7, 11) is -4.09. The third-order valence-corrected chi connectivity index (χ3v) is 3.20. The quantitative estimate of drug-likeness (QED) is 0.874. The molecule has 84 valence electrons. The van der Waals surface area contributed by atoms with Crippen LogP contribution in [0.3, 0.4) is 0 Å². The molecule has 1 rings (SSSR count). The Kier molecular flexibility index (Phi) is 3.27. The number of hydrogen-bond donors (Lipinski definition) is 1. The van der Waals surface area contributed by atoms with Gasteiger partial charge < -0.3 is 0 Å². The van der Waals surface area contributed by atoms with Gasteiger partial charge in [-0.15, -0.1) is 0 Å². The van der Waals surface area contributed by atoms with Crippen LogP contribution in [0.25, 0.3) is 0 Å². The van der Waals surface area contributed by atoms with E-state index >= 15 is 0 Å². The van der Waals surface area contributed by atoms with E-state index in [9.17, 15) is 17.2 Å². The molecule has 0 saturated heterocycles. The van der Waals surface area contributed by atoms with Gasteiger partial charge in [0.1, 0.15) is 0 Å². The second-order valence-corrected chi connectivity index (χ2v) is 4.66. The number of nitrogens with zero attached hydrogens (tertiary/aromatic N) is 1. The van der Waals surface area contributed by atoms with Crippen LogP contribution in [0.2, 0.25) is 5.02 Å². The normalized spacial score (nSPS) is 12.1. The highest BCUT2D eigenvalue weighted by atomic mass is 35.5. The zero-order valence-electron chi connectivity index (χ0n) is 7.54. The van der Waals surface area contributed by atoms with Gasteiger partial charge in [0.05, 0.1) is 5.02 Å². The zero-order chi connectivity index (χ0) is 11.8. The summed E-state index contributed by atoms with van der Waals surface area (Å²) in [5.41, 5.74) is -0.446. The molecule has 0 fully saturated rings. The zero-order valence-corrected chi connectivity index (χ0v) is 9.11. The fraction of sp³-hybridized carbons (Fsp3) is 0.286. The molecule has 15 heavy (non-hydrogen) atoms. The van der Waals surface area contributed by atoms with Crippen LogP contribution in [0.15, 0.2) is 11.2 Å². The first-order chi connectivity index (χ1) is 6.75. The van der Waals surface area contributed by atoms with Crippen molar-refractivity contribution in [2.45, 2.75) is 18.4 Å². The van der Waals surface area contributed by atoms with E-state index in [2.05, 4.69) is 4.98 Å². The second kappa shape index (κ2) is 3.99. The van der Waals surface area contributed by atoms with Gasteiger partial charge in [0, 0.05) is 11.8 Å². The van der Waals surface area contributed by atoms with E-state index in [1.54, 1.807) is 0 Å². The molecular formula is C7H7ClF2N2O2S. The Hall–Kier alpha value is -0.790. The van der Waals surface area contributed by atoms with E-state index in [1.807, 2.05) is 0 Å². The van der Waals surface area contributed by atoms with E-state index in [4.69, 9.17) is 16.7 Å². The lowest BCUT2D eigenvalue weighted by Gasteiger charge is -2.08. The van der Waals surface area contributed by atoms with Gasteiger partial charge in [-0.25, -0.2) is 27.3 Å². The largest absolute Gasteiger partial charge is 0.265 e. The van der Waals surface area contributed by atoms with Crippen molar-refractivity contribution in [3.8, 4) is 0 Å². The molecule has 0 saturated carbocycles. The van der Waals surface area contributed by atoms with E-state index in [0.717, 1.165) is 6.20 Å². The van der Waals surface area contributed by atoms with Crippen LogP contribution in [0, 0.1) is 6.92 Å². The van der Waals surface area contributed by atoms with Gasteiger partial charge in [-0.3, -0.25) is 0 Å².